The second-order valence-electron chi connectivity index (χ2n) is 1.79. The molecule has 0 rings (SSSR count). The van der Waals surface area contributed by atoms with Gasteiger partial charge >= 0.3 is 0 Å². The van der Waals surface area contributed by atoms with Gasteiger partial charge in [0.2, 0.25) is 0 Å². The Morgan fingerprint density at radius 1 is 1.75 bits per heavy atom. The van der Waals surface area contributed by atoms with Gasteiger partial charge in [-0.05, 0) is 14.0 Å². The van der Waals surface area contributed by atoms with Crippen LogP contribution in [0.3, 0.4) is 0 Å². The number of nitrogens with one attached hydrogen (secondary N) is 1. The van der Waals surface area contributed by atoms with Gasteiger partial charge < -0.3 is 10.4 Å². The van der Waals surface area contributed by atoms with E-state index in [4.69, 9.17) is 5.11 Å². The highest BCUT2D eigenvalue weighted by molar-refractivity contribution is 4.87. The molecular weight excluding hydrogens is 102 g/mol. The van der Waals surface area contributed by atoms with Gasteiger partial charge in [-0.3, -0.25) is 0 Å². The zero-order valence-electron chi connectivity index (χ0n) is 5.39. The molecule has 0 radical (unpaired) electrons. The Labute approximate surface area is 50.2 Å². The molecule has 0 heterocycles. The first-order valence-corrected chi connectivity index (χ1v) is 2.70. The Morgan fingerprint density at radius 3 is 2.25 bits per heavy atom. The second kappa shape index (κ2) is 3.64. The van der Waals surface area contributed by atoms with Gasteiger partial charge in [0.05, 0.1) is 12.1 Å². The molecule has 8 heavy (non-hydrogen) atoms. The third-order valence-corrected chi connectivity index (χ3v) is 1.11. The maximum atomic E-state index is 8.88. The lowest BCUT2D eigenvalue weighted by Crippen LogP contribution is -2.33. The van der Waals surface area contributed by atoms with Gasteiger partial charge in [0.15, 0.2) is 0 Å². The van der Waals surface area contributed by atoms with Gasteiger partial charge in [-0.25, -0.2) is 0 Å². The zero-order chi connectivity index (χ0) is 6.57. The first-order valence-electron chi connectivity index (χ1n) is 2.70. The zero-order valence-corrected chi connectivity index (χ0v) is 5.39. The average Bonchev–Trinajstić information content (AvgIpc) is 1.69. The Balaban J connectivity index is 3.51. The minimum atomic E-state index is -0.350. The molecular formula is C6H13NO. The highest BCUT2D eigenvalue weighted by atomic mass is 16.3. The second-order valence-corrected chi connectivity index (χ2v) is 1.79. The molecule has 48 valence electrons. The molecule has 0 saturated heterocycles. The largest absolute Gasteiger partial charge is 0.391 e. The fourth-order valence-electron chi connectivity index (χ4n) is 0.556. The molecule has 1 unspecified atom stereocenters. The van der Waals surface area contributed by atoms with Crippen molar-refractivity contribution in [1.29, 1.82) is 0 Å². The van der Waals surface area contributed by atoms with Gasteiger partial charge in [-0.15, -0.1) is 6.58 Å². The normalized spacial score (nSPS) is 17.4. The predicted molar refractivity (Wildman–Crippen MR) is 34.7 cm³/mol. The van der Waals surface area contributed by atoms with Gasteiger partial charge in [-0.1, -0.05) is 6.08 Å². The van der Waals surface area contributed by atoms with Gasteiger partial charge in [-0.2, -0.15) is 0 Å². The van der Waals surface area contributed by atoms with Crippen molar-refractivity contribution >= 4 is 0 Å². The van der Waals surface area contributed by atoms with Crippen LogP contribution < -0.4 is 5.32 Å². The third kappa shape index (κ3) is 2.09. The summed E-state index contributed by atoms with van der Waals surface area (Å²) in [7, 11) is 1.79. The van der Waals surface area contributed by atoms with E-state index in [9.17, 15) is 0 Å². The minimum absolute atomic E-state index is 0.0231. The standard InChI is InChI=1S/C6H13NO/c1-4-6(7-3)5(2)8/h4-8H,1H2,2-3H3/t5?,6-/m1/s1. The molecule has 2 atom stereocenters. The number of aliphatic hydroxyl groups excluding tert-OH is 1. The molecule has 2 N–H and O–H groups in total. The van der Waals surface area contributed by atoms with E-state index >= 15 is 0 Å². The average molecular weight is 115 g/mol. The van der Waals surface area contributed by atoms with Crippen molar-refractivity contribution in [2.24, 2.45) is 0 Å². The van der Waals surface area contributed by atoms with Gasteiger partial charge in [0.1, 0.15) is 0 Å². The number of likely N-dealkylation sites (N-methyl/N-ethyl adjacent to an activating group) is 1. The van der Waals surface area contributed by atoms with Crippen LogP contribution in [0.25, 0.3) is 0 Å². The van der Waals surface area contributed by atoms with E-state index in [2.05, 4.69) is 11.9 Å². The Kier molecular flexibility index (Phi) is 3.48. The minimum Gasteiger partial charge on any atom is -0.391 e. The Hall–Kier alpha value is -0.340. The molecule has 0 amide bonds. The maximum Gasteiger partial charge on any atom is 0.0700 e. The summed E-state index contributed by atoms with van der Waals surface area (Å²) in [5.41, 5.74) is 0. The van der Waals surface area contributed by atoms with E-state index in [0.29, 0.717) is 0 Å². The van der Waals surface area contributed by atoms with Crippen LogP contribution in [-0.4, -0.2) is 24.3 Å². The smallest absolute Gasteiger partial charge is 0.0700 e. The highest BCUT2D eigenvalue weighted by Crippen LogP contribution is 1.90. The van der Waals surface area contributed by atoms with E-state index in [1.54, 1.807) is 20.0 Å². The lowest BCUT2D eigenvalue weighted by Gasteiger charge is -2.12. The van der Waals surface area contributed by atoms with Crippen LogP contribution in [-0.2, 0) is 0 Å². The van der Waals surface area contributed by atoms with Crippen LogP contribution in [0.4, 0.5) is 0 Å². The molecule has 0 aliphatic rings. The molecule has 0 bridgehead atoms. The Morgan fingerprint density at radius 2 is 2.25 bits per heavy atom. The SMILES string of the molecule is C=C[C@@H](NC)C(C)O. The van der Waals surface area contributed by atoms with Crippen molar-refractivity contribution in [1.82, 2.24) is 5.32 Å². The fraction of sp³-hybridized carbons (Fsp3) is 0.667. The summed E-state index contributed by atoms with van der Waals surface area (Å²) in [4.78, 5) is 0. The number of hydrogen-bond acceptors (Lipinski definition) is 2. The van der Waals surface area contributed by atoms with E-state index < -0.39 is 0 Å². The molecule has 0 fully saturated rings. The summed E-state index contributed by atoms with van der Waals surface area (Å²) in [5, 5.41) is 11.8. The third-order valence-electron chi connectivity index (χ3n) is 1.11. The fourth-order valence-corrected chi connectivity index (χ4v) is 0.556. The lowest BCUT2D eigenvalue weighted by molar-refractivity contribution is 0.168. The molecule has 0 aliphatic carbocycles. The summed E-state index contributed by atoms with van der Waals surface area (Å²) in [6.07, 6.45) is 1.34. The molecule has 2 nitrogen and oxygen atoms in total. The summed E-state index contributed by atoms with van der Waals surface area (Å²) in [5.74, 6) is 0. The van der Waals surface area contributed by atoms with Crippen molar-refractivity contribution in [2.45, 2.75) is 19.1 Å². The van der Waals surface area contributed by atoms with E-state index in [1.807, 2.05) is 0 Å². The summed E-state index contributed by atoms with van der Waals surface area (Å²) in [6.45, 7) is 5.26. The van der Waals surface area contributed by atoms with Crippen LogP contribution in [0.5, 0.6) is 0 Å². The number of hydrogen-bond donors (Lipinski definition) is 2. The first kappa shape index (κ1) is 7.66. The topological polar surface area (TPSA) is 32.3 Å². The van der Waals surface area contributed by atoms with E-state index in [-0.39, 0.29) is 12.1 Å². The van der Waals surface area contributed by atoms with Gasteiger partial charge in [0, 0.05) is 0 Å². The molecule has 0 spiro atoms. The summed E-state index contributed by atoms with van der Waals surface area (Å²) < 4.78 is 0. The quantitative estimate of drug-likeness (QED) is 0.513. The van der Waals surface area contributed by atoms with Crippen LogP contribution in [0.1, 0.15) is 6.92 Å². The molecule has 0 aromatic heterocycles. The summed E-state index contributed by atoms with van der Waals surface area (Å²) in [6, 6.07) is 0.0231. The molecule has 0 aromatic carbocycles. The van der Waals surface area contributed by atoms with Crippen LogP contribution in [0.2, 0.25) is 0 Å². The van der Waals surface area contributed by atoms with Crippen LogP contribution in [0, 0.1) is 0 Å². The van der Waals surface area contributed by atoms with Crippen molar-refractivity contribution in [3.63, 3.8) is 0 Å². The van der Waals surface area contributed by atoms with Crippen molar-refractivity contribution in [3.05, 3.63) is 12.7 Å². The van der Waals surface area contributed by atoms with Gasteiger partial charge in [0.25, 0.3) is 0 Å². The molecule has 2 heteroatoms. The molecule has 0 aliphatic heterocycles. The maximum absolute atomic E-state index is 8.88. The lowest BCUT2D eigenvalue weighted by atomic mass is 10.2. The molecule has 0 saturated carbocycles. The van der Waals surface area contributed by atoms with Crippen molar-refractivity contribution in [3.8, 4) is 0 Å². The van der Waals surface area contributed by atoms with Crippen LogP contribution in [0.15, 0.2) is 12.7 Å². The van der Waals surface area contributed by atoms with E-state index in [1.165, 1.54) is 0 Å². The monoisotopic (exact) mass is 115 g/mol. The van der Waals surface area contributed by atoms with Crippen molar-refractivity contribution < 1.29 is 5.11 Å². The number of aliphatic hydroxyl groups is 1. The Bertz CT molecular complexity index is 70.9. The van der Waals surface area contributed by atoms with E-state index in [0.717, 1.165) is 0 Å². The summed E-state index contributed by atoms with van der Waals surface area (Å²) >= 11 is 0. The molecule has 0 aromatic rings. The van der Waals surface area contributed by atoms with Crippen molar-refractivity contribution in [2.75, 3.05) is 7.05 Å². The van der Waals surface area contributed by atoms with Crippen LogP contribution >= 0.6 is 0 Å². The highest BCUT2D eigenvalue weighted by Gasteiger charge is 2.05. The number of rotatable bonds is 3. The first-order chi connectivity index (χ1) is 3.72. The predicted octanol–water partition coefficient (Wildman–Crippen LogP) is 0.141.